The molecule has 0 bridgehead atoms. The second-order valence-corrected chi connectivity index (χ2v) is 5.51. The summed E-state index contributed by atoms with van der Waals surface area (Å²) in [6.45, 7) is 3.94. The van der Waals surface area contributed by atoms with Crippen molar-refractivity contribution in [2.45, 2.75) is 13.5 Å². The largest absolute Gasteiger partial charge is 0.367 e. The molecule has 0 spiro atoms. The van der Waals surface area contributed by atoms with Gasteiger partial charge in [-0.05, 0) is 30.7 Å². The Bertz CT molecular complexity index is 790. The maximum atomic E-state index is 11.2. The van der Waals surface area contributed by atoms with Crippen LogP contribution in [0.15, 0.2) is 54.7 Å². The smallest absolute Gasteiger partial charge is 0.152 e. The Kier molecular flexibility index (Phi) is 3.96. The van der Waals surface area contributed by atoms with Crippen LogP contribution in [-0.2, 0) is 13.6 Å². The van der Waals surface area contributed by atoms with Gasteiger partial charge in [-0.2, -0.15) is 0 Å². The van der Waals surface area contributed by atoms with E-state index in [0.29, 0.717) is 0 Å². The number of aryl methyl sites for hydroxylation is 1. The van der Waals surface area contributed by atoms with Crippen LogP contribution in [0.3, 0.4) is 0 Å². The van der Waals surface area contributed by atoms with Crippen molar-refractivity contribution in [3.63, 3.8) is 0 Å². The van der Waals surface area contributed by atoms with E-state index in [9.17, 15) is 4.79 Å². The molecule has 2 aromatic carbocycles. The normalized spacial score (nSPS) is 10.8. The quantitative estimate of drug-likeness (QED) is 0.664. The van der Waals surface area contributed by atoms with Crippen molar-refractivity contribution in [3.05, 3.63) is 65.9 Å². The molecule has 0 aliphatic carbocycles. The minimum absolute atomic E-state index is 0.745. The SMILES string of the molecule is CCN(Cc1ccccc1)c1ccc2c(c1)c(C=O)cn2C. The van der Waals surface area contributed by atoms with Gasteiger partial charge in [0.15, 0.2) is 6.29 Å². The molecule has 1 aromatic heterocycles. The maximum Gasteiger partial charge on any atom is 0.152 e. The molecule has 0 amide bonds. The molecule has 3 nitrogen and oxygen atoms in total. The van der Waals surface area contributed by atoms with Crippen molar-refractivity contribution in [1.82, 2.24) is 4.57 Å². The highest BCUT2D eigenvalue weighted by molar-refractivity contribution is 5.99. The van der Waals surface area contributed by atoms with Crippen molar-refractivity contribution in [2.75, 3.05) is 11.4 Å². The minimum Gasteiger partial charge on any atom is -0.367 e. The van der Waals surface area contributed by atoms with E-state index in [0.717, 1.165) is 41.5 Å². The molecule has 0 atom stereocenters. The van der Waals surface area contributed by atoms with Gasteiger partial charge in [0.2, 0.25) is 0 Å². The third-order valence-electron chi connectivity index (χ3n) is 4.09. The Hall–Kier alpha value is -2.55. The summed E-state index contributed by atoms with van der Waals surface area (Å²) in [5.41, 5.74) is 4.26. The number of anilines is 1. The van der Waals surface area contributed by atoms with E-state index in [1.54, 1.807) is 0 Å². The number of carbonyl (C=O) groups is 1. The molecule has 3 heteroatoms. The molecular formula is C19H20N2O. The van der Waals surface area contributed by atoms with Gasteiger partial charge >= 0.3 is 0 Å². The number of fused-ring (bicyclic) bond motifs is 1. The average Bonchev–Trinajstić information content (AvgIpc) is 2.89. The number of aldehydes is 1. The van der Waals surface area contributed by atoms with Gasteiger partial charge in [-0.3, -0.25) is 4.79 Å². The molecule has 22 heavy (non-hydrogen) atoms. The number of hydrogen-bond acceptors (Lipinski definition) is 2. The van der Waals surface area contributed by atoms with Crippen LogP contribution < -0.4 is 4.90 Å². The maximum absolute atomic E-state index is 11.2. The van der Waals surface area contributed by atoms with E-state index in [1.165, 1.54) is 5.56 Å². The first-order valence-corrected chi connectivity index (χ1v) is 7.56. The summed E-state index contributed by atoms with van der Waals surface area (Å²) in [7, 11) is 1.97. The second kappa shape index (κ2) is 6.06. The molecule has 0 N–H and O–H groups in total. The number of carbonyl (C=O) groups excluding carboxylic acids is 1. The van der Waals surface area contributed by atoms with Crippen LogP contribution in [0.5, 0.6) is 0 Å². The molecule has 0 saturated heterocycles. The van der Waals surface area contributed by atoms with E-state index in [1.807, 2.05) is 23.9 Å². The van der Waals surface area contributed by atoms with Gasteiger partial charge in [0.1, 0.15) is 0 Å². The third kappa shape index (κ3) is 2.62. The predicted octanol–water partition coefficient (Wildman–Crippen LogP) is 4.02. The minimum atomic E-state index is 0.745. The van der Waals surface area contributed by atoms with Crippen molar-refractivity contribution >= 4 is 22.9 Å². The molecule has 1 heterocycles. The van der Waals surface area contributed by atoms with Crippen LogP contribution >= 0.6 is 0 Å². The molecule has 0 aliphatic heterocycles. The molecule has 3 rings (SSSR count). The highest BCUT2D eigenvalue weighted by Gasteiger charge is 2.10. The highest BCUT2D eigenvalue weighted by atomic mass is 16.1. The number of nitrogens with zero attached hydrogens (tertiary/aromatic N) is 2. The van der Waals surface area contributed by atoms with Gasteiger partial charge in [0, 0.05) is 48.5 Å². The standard InChI is InChI=1S/C19H20N2O/c1-3-21(12-15-7-5-4-6-8-15)17-9-10-19-18(11-17)16(14-22)13-20(19)2/h4-11,13-14H,3,12H2,1-2H3. The van der Waals surface area contributed by atoms with Crippen molar-refractivity contribution in [3.8, 4) is 0 Å². The van der Waals surface area contributed by atoms with Gasteiger partial charge in [-0.25, -0.2) is 0 Å². The molecule has 0 radical (unpaired) electrons. The monoisotopic (exact) mass is 292 g/mol. The topological polar surface area (TPSA) is 25.2 Å². The lowest BCUT2D eigenvalue weighted by atomic mass is 10.1. The zero-order chi connectivity index (χ0) is 15.5. The molecule has 0 saturated carbocycles. The first kappa shape index (κ1) is 14.4. The van der Waals surface area contributed by atoms with Crippen LogP contribution in [0.1, 0.15) is 22.8 Å². The molecule has 3 aromatic rings. The Labute approximate surface area is 130 Å². The Balaban J connectivity index is 1.98. The lowest BCUT2D eigenvalue weighted by Crippen LogP contribution is -2.21. The van der Waals surface area contributed by atoms with Crippen molar-refractivity contribution in [1.29, 1.82) is 0 Å². The number of aromatic nitrogens is 1. The summed E-state index contributed by atoms with van der Waals surface area (Å²) in [4.78, 5) is 13.6. The Morgan fingerprint density at radius 2 is 1.91 bits per heavy atom. The van der Waals surface area contributed by atoms with E-state index in [2.05, 4.69) is 54.3 Å². The fourth-order valence-electron chi connectivity index (χ4n) is 2.89. The molecule has 0 aliphatic rings. The van der Waals surface area contributed by atoms with E-state index in [4.69, 9.17) is 0 Å². The van der Waals surface area contributed by atoms with E-state index in [-0.39, 0.29) is 0 Å². The van der Waals surface area contributed by atoms with Gasteiger partial charge in [-0.1, -0.05) is 30.3 Å². The van der Waals surface area contributed by atoms with Gasteiger partial charge in [0.05, 0.1) is 0 Å². The Morgan fingerprint density at radius 1 is 1.14 bits per heavy atom. The van der Waals surface area contributed by atoms with Crippen LogP contribution in [0.2, 0.25) is 0 Å². The van der Waals surface area contributed by atoms with Gasteiger partial charge in [-0.15, -0.1) is 0 Å². The second-order valence-electron chi connectivity index (χ2n) is 5.51. The van der Waals surface area contributed by atoms with Gasteiger partial charge in [0.25, 0.3) is 0 Å². The molecule has 112 valence electrons. The number of benzene rings is 2. The summed E-state index contributed by atoms with van der Waals surface area (Å²) in [5, 5.41) is 1.02. The summed E-state index contributed by atoms with van der Waals surface area (Å²) < 4.78 is 2.00. The van der Waals surface area contributed by atoms with Crippen LogP contribution in [0.25, 0.3) is 10.9 Å². The fraction of sp³-hybridized carbons (Fsp3) is 0.211. The molecule has 0 fully saturated rings. The molecular weight excluding hydrogens is 272 g/mol. The first-order valence-electron chi connectivity index (χ1n) is 7.56. The zero-order valence-electron chi connectivity index (χ0n) is 13.0. The van der Waals surface area contributed by atoms with Crippen LogP contribution in [0, 0.1) is 0 Å². The summed E-state index contributed by atoms with van der Waals surface area (Å²) in [5.74, 6) is 0. The van der Waals surface area contributed by atoms with E-state index >= 15 is 0 Å². The van der Waals surface area contributed by atoms with Crippen molar-refractivity contribution in [2.24, 2.45) is 7.05 Å². The van der Waals surface area contributed by atoms with Crippen LogP contribution in [0.4, 0.5) is 5.69 Å². The number of rotatable bonds is 5. The lowest BCUT2D eigenvalue weighted by Gasteiger charge is -2.23. The average molecular weight is 292 g/mol. The van der Waals surface area contributed by atoms with Crippen LogP contribution in [-0.4, -0.2) is 17.4 Å². The summed E-state index contributed by atoms with van der Waals surface area (Å²) in [6, 6.07) is 16.8. The first-order chi connectivity index (χ1) is 10.7. The van der Waals surface area contributed by atoms with E-state index < -0.39 is 0 Å². The predicted molar refractivity (Wildman–Crippen MR) is 91.5 cm³/mol. The highest BCUT2D eigenvalue weighted by Crippen LogP contribution is 2.26. The fourth-order valence-corrected chi connectivity index (χ4v) is 2.89. The Morgan fingerprint density at radius 3 is 2.59 bits per heavy atom. The number of hydrogen-bond donors (Lipinski definition) is 0. The van der Waals surface area contributed by atoms with Crippen molar-refractivity contribution < 1.29 is 4.79 Å². The summed E-state index contributed by atoms with van der Waals surface area (Å²) >= 11 is 0. The van der Waals surface area contributed by atoms with Gasteiger partial charge < -0.3 is 9.47 Å². The summed E-state index contributed by atoms with van der Waals surface area (Å²) in [6.07, 6.45) is 2.81. The molecule has 0 unspecified atom stereocenters. The zero-order valence-corrected chi connectivity index (χ0v) is 13.0. The third-order valence-corrected chi connectivity index (χ3v) is 4.09. The lowest BCUT2D eigenvalue weighted by molar-refractivity contribution is 0.112.